The summed E-state index contributed by atoms with van der Waals surface area (Å²) in [4.78, 5) is 25.4. The van der Waals surface area contributed by atoms with Crippen LogP contribution < -0.4 is 20.7 Å². The first-order valence-corrected chi connectivity index (χ1v) is 17.0. The summed E-state index contributed by atoms with van der Waals surface area (Å²) >= 11 is 6.64. The summed E-state index contributed by atoms with van der Waals surface area (Å²) in [5.74, 6) is -1.37. The van der Waals surface area contributed by atoms with Crippen LogP contribution in [0.15, 0.2) is 42.9 Å². The van der Waals surface area contributed by atoms with Gasteiger partial charge >= 0.3 is 13.8 Å². The van der Waals surface area contributed by atoms with Crippen LogP contribution in [0, 0.1) is 5.41 Å². The average Bonchev–Trinajstić information content (AvgIpc) is 3.51. The number of amides is 1. The molecule has 0 saturated carbocycles. The number of carbonyl (C=O) groups is 1. The molecule has 1 saturated heterocycles. The van der Waals surface area contributed by atoms with E-state index in [0.717, 1.165) is 0 Å². The van der Waals surface area contributed by atoms with Gasteiger partial charge in [0.05, 0.1) is 74.9 Å². The Labute approximate surface area is 283 Å². The van der Waals surface area contributed by atoms with Crippen molar-refractivity contribution in [2.24, 2.45) is 5.41 Å². The summed E-state index contributed by atoms with van der Waals surface area (Å²) in [6.07, 6.45) is -1.21. The number of nitrogens with one attached hydrogen (secondary N) is 3. The number of rotatable bonds is 4. The molecule has 260 valence electrons. The Morgan fingerprint density at radius 1 is 1.16 bits per heavy atom. The molecule has 1 fully saturated rings. The molecule has 3 aromatic heterocycles. The lowest BCUT2D eigenvalue weighted by Gasteiger charge is -2.41. The van der Waals surface area contributed by atoms with Crippen LogP contribution in [0.3, 0.4) is 0 Å². The molecule has 1 amide bonds. The Hall–Kier alpha value is -4.28. The predicted octanol–water partition coefficient (Wildman–Crippen LogP) is 6.04. The minimum absolute atomic E-state index is 0.0287. The molecule has 4 aromatic rings. The average molecular weight is 723 g/mol. The number of halogens is 4. The van der Waals surface area contributed by atoms with Gasteiger partial charge in [-0.1, -0.05) is 11.6 Å². The number of anilines is 4. The molecule has 14 nitrogen and oxygen atoms in total. The topological polar surface area (TPSA) is 164 Å². The SMILES string of the molecule is CCO[P@]1(=O)Cc2cc(OC)c(cc2Cl)Nc2ncc(C(F)(F)F)c(n2)Nc2ccc(nc2C(=O)NC)-c2cnn(c2)CC2(COC2)CO1. The van der Waals surface area contributed by atoms with E-state index in [-0.39, 0.29) is 53.2 Å². The summed E-state index contributed by atoms with van der Waals surface area (Å²) in [5.41, 5.74) is -0.555. The number of methoxy groups -OCH3 is 1. The van der Waals surface area contributed by atoms with Crippen molar-refractivity contribution in [1.82, 2.24) is 30.0 Å². The third kappa shape index (κ3) is 7.35. The van der Waals surface area contributed by atoms with E-state index >= 15 is 0 Å². The Morgan fingerprint density at radius 3 is 2.63 bits per heavy atom. The third-order valence-corrected chi connectivity index (χ3v) is 10.1. The highest BCUT2D eigenvalue weighted by molar-refractivity contribution is 7.53. The summed E-state index contributed by atoms with van der Waals surface area (Å²) in [5, 5.41) is 12.5. The van der Waals surface area contributed by atoms with Gasteiger partial charge in [0, 0.05) is 30.0 Å². The van der Waals surface area contributed by atoms with Crippen molar-refractivity contribution in [1.29, 1.82) is 0 Å². The van der Waals surface area contributed by atoms with Crippen LogP contribution in [0.25, 0.3) is 11.3 Å². The second kappa shape index (κ2) is 13.6. The molecule has 0 aliphatic carbocycles. The van der Waals surface area contributed by atoms with Gasteiger partial charge in [0.25, 0.3) is 5.91 Å². The zero-order valence-electron chi connectivity index (χ0n) is 26.4. The summed E-state index contributed by atoms with van der Waals surface area (Å²) < 4.78 is 80.9. The van der Waals surface area contributed by atoms with Gasteiger partial charge in [-0.3, -0.25) is 14.0 Å². The van der Waals surface area contributed by atoms with E-state index in [9.17, 15) is 22.5 Å². The van der Waals surface area contributed by atoms with Crippen molar-refractivity contribution in [3.05, 3.63) is 64.7 Å². The van der Waals surface area contributed by atoms with Crippen LogP contribution in [0.5, 0.6) is 5.75 Å². The molecular weight excluding hydrogens is 692 g/mol. The molecular formula is C30H31ClF3N8O6P. The normalized spacial score (nSPS) is 18.8. The van der Waals surface area contributed by atoms with Crippen LogP contribution in [0.2, 0.25) is 5.02 Å². The summed E-state index contributed by atoms with van der Waals surface area (Å²) in [6, 6.07) is 5.92. The van der Waals surface area contributed by atoms with Gasteiger partial charge in [-0.05, 0) is 36.8 Å². The first kappa shape index (κ1) is 34.6. The van der Waals surface area contributed by atoms with E-state index in [0.29, 0.717) is 42.8 Å². The van der Waals surface area contributed by atoms with Gasteiger partial charge in [-0.15, -0.1) is 0 Å². The number of hydrogen-bond donors (Lipinski definition) is 3. The molecule has 3 N–H and O–H groups in total. The largest absolute Gasteiger partial charge is 0.495 e. The Balaban J connectivity index is 1.50. The number of aromatic nitrogens is 5. The molecule has 0 radical (unpaired) electrons. The van der Waals surface area contributed by atoms with Crippen LogP contribution in [0.4, 0.5) is 36.3 Å². The number of nitrogens with zero attached hydrogens (tertiary/aromatic N) is 5. The van der Waals surface area contributed by atoms with Crippen molar-refractivity contribution in [2.45, 2.75) is 25.8 Å². The minimum atomic E-state index is -4.86. The molecule has 8 bridgehead atoms. The van der Waals surface area contributed by atoms with Gasteiger partial charge in [0.2, 0.25) is 5.95 Å². The molecule has 0 unspecified atom stereocenters. The molecule has 49 heavy (non-hydrogen) atoms. The molecule has 1 aromatic carbocycles. The first-order chi connectivity index (χ1) is 23.3. The number of benzene rings is 1. The minimum Gasteiger partial charge on any atom is -0.495 e. The van der Waals surface area contributed by atoms with E-state index in [1.165, 1.54) is 38.4 Å². The van der Waals surface area contributed by atoms with Crippen LogP contribution in [-0.4, -0.2) is 71.2 Å². The lowest BCUT2D eigenvalue weighted by molar-refractivity contribution is -0.142. The monoisotopic (exact) mass is 722 g/mol. The molecule has 5 aliphatic rings. The van der Waals surface area contributed by atoms with Crippen LogP contribution in [-0.2, 0) is 37.2 Å². The van der Waals surface area contributed by atoms with Crippen LogP contribution in [0.1, 0.15) is 28.5 Å². The molecule has 1 atom stereocenters. The van der Waals surface area contributed by atoms with Gasteiger partial charge in [0.15, 0.2) is 5.69 Å². The highest BCUT2D eigenvalue weighted by Crippen LogP contribution is 2.54. The fraction of sp³-hybridized carbons (Fsp3) is 0.367. The standard InChI is InChI=1S/C30H31ClF3N8O6P/c1-4-47-49(44)12-17-7-24(45-3)23(8-20(17)31)40-28-36-10-19(30(32,33)34)26(41-28)39-22-6-5-21(38-25(22)27(43)35-2)18-9-37-42(11-18)13-29(16-48-49)14-46-15-29/h5-11H,4,12-16H2,1-3H3,(H,35,43)(H2,36,39,40,41)/t49-/m1/s1. The van der Waals surface area contributed by atoms with Gasteiger partial charge in [-0.2, -0.15) is 23.3 Å². The quantitative estimate of drug-likeness (QED) is 0.210. The second-order valence-corrected chi connectivity index (χ2v) is 13.9. The number of ether oxygens (including phenoxy) is 2. The predicted molar refractivity (Wildman–Crippen MR) is 173 cm³/mol. The number of pyridine rings is 1. The van der Waals surface area contributed by atoms with Crippen molar-refractivity contribution in [3.8, 4) is 17.0 Å². The maximum atomic E-state index is 14.1. The molecule has 5 aliphatic heterocycles. The van der Waals surface area contributed by atoms with Crippen LogP contribution >= 0.6 is 19.2 Å². The van der Waals surface area contributed by atoms with E-state index in [1.807, 2.05) is 0 Å². The smallest absolute Gasteiger partial charge is 0.421 e. The number of carbonyl (C=O) groups excluding carboxylic acids is 1. The summed E-state index contributed by atoms with van der Waals surface area (Å²) in [6.45, 7) is 2.77. The Kier molecular flexibility index (Phi) is 9.57. The van der Waals surface area contributed by atoms with Crippen molar-refractivity contribution >= 4 is 48.2 Å². The van der Waals surface area contributed by atoms with Crippen molar-refractivity contribution in [3.63, 3.8) is 0 Å². The molecule has 19 heteroatoms. The van der Waals surface area contributed by atoms with Crippen molar-refractivity contribution < 1.29 is 41.1 Å². The maximum absolute atomic E-state index is 14.1. The Bertz CT molecular complexity index is 1940. The van der Waals surface area contributed by atoms with E-state index in [4.69, 9.17) is 30.1 Å². The van der Waals surface area contributed by atoms with Crippen molar-refractivity contribution in [2.75, 3.05) is 51.2 Å². The Morgan fingerprint density at radius 2 is 1.96 bits per heavy atom. The first-order valence-electron chi connectivity index (χ1n) is 14.9. The number of hydrogen-bond acceptors (Lipinski definition) is 12. The van der Waals surface area contributed by atoms with Gasteiger partial charge < -0.3 is 34.5 Å². The van der Waals surface area contributed by atoms with E-state index in [1.54, 1.807) is 24.0 Å². The molecule has 9 rings (SSSR count). The lowest BCUT2D eigenvalue weighted by Crippen LogP contribution is -2.49. The molecule has 1 spiro atoms. The third-order valence-electron chi connectivity index (χ3n) is 7.80. The lowest BCUT2D eigenvalue weighted by atomic mass is 9.87. The van der Waals surface area contributed by atoms with Gasteiger partial charge in [0.1, 0.15) is 17.1 Å². The second-order valence-electron chi connectivity index (χ2n) is 11.4. The zero-order valence-corrected chi connectivity index (χ0v) is 28.1. The highest BCUT2D eigenvalue weighted by atomic mass is 35.5. The van der Waals surface area contributed by atoms with E-state index < -0.39 is 36.5 Å². The zero-order chi connectivity index (χ0) is 35.0. The fourth-order valence-electron chi connectivity index (χ4n) is 5.29. The summed E-state index contributed by atoms with van der Waals surface area (Å²) in [7, 11) is -1.03. The van der Waals surface area contributed by atoms with Gasteiger partial charge in [-0.25, -0.2) is 9.97 Å². The fourth-order valence-corrected chi connectivity index (χ4v) is 7.42. The maximum Gasteiger partial charge on any atom is 0.421 e. The molecule has 8 heterocycles. The number of alkyl halides is 3. The highest BCUT2D eigenvalue weighted by Gasteiger charge is 2.43. The van der Waals surface area contributed by atoms with E-state index in [2.05, 4.69) is 36.0 Å².